The molecule has 1 aromatic rings. The largest absolute Gasteiger partial charge is 0.327 e. The molecule has 0 aliphatic carbocycles. The molecule has 0 fully saturated rings. The fourth-order valence-electron chi connectivity index (χ4n) is 1.56. The minimum atomic E-state index is -0.308. The van der Waals surface area contributed by atoms with Crippen LogP contribution in [0.4, 0.5) is 10.1 Å². The fourth-order valence-corrected chi connectivity index (χ4v) is 1.56. The number of halogens is 2. The Labute approximate surface area is 114 Å². The maximum absolute atomic E-state index is 12.8. The SMILES string of the molecule is CCN(C(=O)C(C)C(C)N)c1ccc(F)cc1.Cl. The van der Waals surface area contributed by atoms with Crippen LogP contribution in [-0.4, -0.2) is 18.5 Å². The Balaban J connectivity index is 0.00000289. The molecule has 2 N–H and O–H groups in total. The van der Waals surface area contributed by atoms with Gasteiger partial charge >= 0.3 is 0 Å². The van der Waals surface area contributed by atoms with Crippen molar-refractivity contribution in [3.8, 4) is 0 Å². The van der Waals surface area contributed by atoms with Crippen molar-refractivity contribution in [3.05, 3.63) is 30.1 Å². The molecule has 2 unspecified atom stereocenters. The monoisotopic (exact) mass is 274 g/mol. The van der Waals surface area contributed by atoms with Crippen molar-refractivity contribution in [2.45, 2.75) is 26.8 Å². The topological polar surface area (TPSA) is 46.3 Å². The lowest BCUT2D eigenvalue weighted by molar-refractivity contribution is -0.122. The van der Waals surface area contributed by atoms with Gasteiger partial charge in [0.1, 0.15) is 5.82 Å². The van der Waals surface area contributed by atoms with E-state index in [0.29, 0.717) is 12.2 Å². The van der Waals surface area contributed by atoms with Gasteiger partial charge < -0.3 is 10.6 Å². The molecular formula is C13H20ClFN2O. The van der Waals surface area contributed by atoms with Gasteiger partial charge in [-0.15, -0.1) is 12.4 Å². The summed E-state index contributed by atoms with van der Waals surface area (Å²) < 4.78 is 12.8. The summed E-state index contributed by atoms with van der Waals surface area (Å²) in [5.74, 6) is -0.591. The fraction of sp³-hybridized carbons (Fsp3) is 0.462. The molecule has 0 aromatic heterocycles. The number of nitrogens with two attached hydrogens (primary N) is 1. The van der Waals surface area contributed by atoms with E-state index in [2.05, 4.69) is 0 Å². The summed E-state index contributed by atoms with van der Waals surface area (Å²) in [6, 6.07) is 5.70. The molecule has 1 amide bonds. The molecule has 18 heavy (non-hydrogen) atoms. The summed E-state index contributed by atoms with van der Waals surface area (Å²) in [7, 11) is 0. The van der Waals surface area contributed by atoms with Gasteiger partial charge in [0, 0.05) is 18.3 Å². The molecule has 0 saturated heterocycles. The predicted molar refractivity (Wildman–Crippen MR) is 74.5 cm³/mol. The van der Waals surface area contributed by atoms with Crippen molar-refractivity contribution in [1.82, 2.24) is 0 Å². The third-order valence-electron chi connectivity index (χ3n) is 2.90. The molecule has 0 saturated carbocycles. The van der Waals surface area contributed by atoms with Crippen LogP contribution in [0.2, 0.25) is 0 Å². The average Bonchev–Trinajstić information content (AvgIpc) is 2.31. The van der Waals surface area contributed by atoms with Gasteiger partial charge in [0.15, 0.2) is 0 Å². The van der Waals surface area contributed by atoms with Crippen LogP contribution >= 0.6 is 12.4 Å². The Morgan fingerprint density at radius 1 is 1.33 bits per heavy atom. The van der Waals surface area contributed by atoms with E-state index in [4.69, 9.17) is 5.73 Å². The standard InChI is InChI=1S/C13H19FN2O.ClH/c1-4-16(13(17)9(2)10(3)15)12-7-5-11(14)6-8-12;/h5-10H,4,15H2,1-3H3;1H. The van der Waals surface area contributed by atoms with Crippen LogP contribution in [0.3, 0.4) is 0 Å². The molecule has 102 valence electrons. The van der Waals surface area contributed by atoms with Crippen LogP contribution in [0.1, 0.15) is 20.8 Å². The Bertz CT molecular complexity index is 381. The average molecular weight is 275 g/mol. The van der Waals surface area contributed by atoms with Crippen LogP contribution in [0, 0.1) is 11.7 Å². The first-order valence-corrected chi connectivity index (χ1v) is 5.80. The molecule has 1 rings (SSSR count). The summed E-state index contributed by atoms with van der Waals surface area (Å²) in [6.07, 6.45) is 0. The number of nitrogens with zero attached hydrogens (tertiary/aromatic N) is 1. The number of hydrogen-bond donors (Lipinski definition) is 1. The number of carbonyl (C=O) groups excluding carboxylic acids is 1. The van der Waals surface area contributed by atoms with E-state index in [1.54, 1.807) is 30.9 Å². The zero-order valence-electron chi connectivity index (χ0n) is 10.9. The van der Waals surface area contributed by atoms with Crippen molar-refractivity contribution in [2.24, 2.45) is 11.7 Å². The van der Waals surface area contributed by atoms with Crippen molar-refractivity contribution in [1.29, 1.82) is 0 Å². The third-order valence-corrected chi connectivity index (χ3v) is 2.90. The van der Waals surface area contributed by atoms with E-state index in [1.165, 1.54) is 12.1 Å². The van der Waals surface area contributed by atoms with Crippen molar-refractivity contribution >= 4 is 24.0 Å². The second kappa shape index (κ2) is 7.34. The van der Waals surface area contributed by atoms with Crippen LogP contribution in [0.15, 0.2) is 24.3 Å². The highest BCUT2D eigenvalue weighted by atomic mass is 35.5. The van der Waals surface area contributed by atoms with Gasteiger partial charge in [-0.2, -0.15) is 0 Å². The minimum Gasteiger partial charge on any atom is -0.327 e. The number of carbonyl (C=O) groups is 1. The molecule has 3 nitrogen and oxygen atoms in total. The van der Waals surface area contributed by atoms with Crippen molar-refractivity contribution in [2.75, 3.05) is 11.4 Å². The van der Waals surface area contributed by atoms with E-state index in [1.807, 2.05) is 6.92 Å². The highest BCUT2D eigenvalue weighted by molar-refractivity contribution is 5.95. The second-order valence-electron chi connectivity index (χ2n) is 4.21. The molecule has 5 heteroatoms. The lowest BCUT2D eigenvalue weighted by Crippen LogP contribution is -2.41. The van der Waals surface area contributed by atoms with E-state index in [-0.39, 0.29) is 36.1 Å². The summed E-state index contributed by atoms with van der Waals surface area (Å²) in [5, 5.41) is 0. The zero-order valence-corrected chi connectivity index (χ0v) is 11.7. The molecule has 0 bridgehead atoms. The summed E-state index contributed by atoms with van der Waals surface area (Å²) >= 11 is 0. The first-order valence-electron chi connectivity index (χ1n) is 5.80. The number of hydrogen-bond acceptors (Lipinski definition) is 2. The molecule has 1 aromatic carbocycles. The first-order chi connectivity index (χ1) is 7.97. The molecule has 0 heterocycles. The lowest BCUT2D eigenvalue weighted by Gasteiger charge is -2.26. The van der Waals surface area contributed by atoms with Gasteiger partial charge in [-0.1, -0.05) is 6.92 Å². The molecular weight excluding hydrogens is 255 g/mol. The van der Waals surface area contributed by atoms with Crippen LogP contribution < -0.4 is 10.6 Å². The smallest absolute Gasteiger partial charge is 0.231 e. The highest BCUT2D eigenvalue weighted by Gasteiger charge is 2.23. The van der Waals surface area contributed by atoms with Crippen LogP contribution in [0.5, 0.6) is 0 Å². The first kappa shape index (κ1) is 16.9. The third kappa shape index (κ3) is 3.96. The second-order valence-corrected chi connectivity index (χ2v) is 4.21. The number of anilines is 1. The van der Waals surface area contributed by atoms with E-state index < -0.39 is 0 Å². The highest BCUT2D eigenvalue weighted by Crippen LogP contribution is 2.18. The summed E-state index contributed by atoms with van der Waals surface area (Å²) in [5.41, 5.74) is 6.42. The normalized spacial score (nSPS) is 13.4. The van der Waals surface area contributed by atoms with E-state index in [9.17, 15) is 9.18 Å². The predicted octanol–water partition coefficient (Wildman–Crippen LogP) is 2.58. The number of rotatable bonds is 4. The van der Waals surface area contributed by atoms with E-state index >= 15 is 0 Å². The maximum atomic E-state index is 12.8. The Morgan fingerprint density at radius 2 is 1.83 bits per heavy atom. The summed E-state index contributed by atoms with van der Waals surface area (Å²) in [6.45, 7) is 6.04. The Morgan fingerprint density at radius 3 is 2.22 bits per heavy atom. The van der Waals surface area contributed by atoms with Crippen LogP contribution in [0.25, 0.3) is 0 Å². The van der Waals surface area contributed by atoms with Gasteiger partial charge in [0.05, 0.1) is 5.92 Å². The maximum Gasteiger partial charge on any atom is 0.231 e. The minimum absolute atomic E-state index is 0. The number of benzene rings is 1. The number of amides is 1. The van der Waals surface area contributed by atoms with E-state index in [0.717, 1.165) is 0 Å². The molecule has 0 spiro atoms. The Hall–Kier alpha value is -1.13. The lowest BCUT2D eigenvalue weighted by atomic mass is 10.0. The molecule has 0 radical (unpaired) electrons. The van der Waals surface area contributed by atoms with Crippen molar-refractivity contribution < 1.29 is 9.18 Å². The van der Waals surface area contributed by atoms with Gasteiger partial charge in [-0.25, -0.2) is 4.39 Å². The summed E-state index contributed by atoms with van der Waals surface area (Å²) in [4.78, 5) is 13.8. The van der Waals surface area contributed by atoms with Crippen LogP contribution in [-0.2, 0) is 4.79 Å². The quantitative estimate of drug-likeness (QED) is 0.917. The zero-order chi connectivity index (χ0) is 13.0. The van der Waals surface area contributed by atoms with Gasteiger partial charge in [-0.05, 0) is 38.1 Å². The molecule has 2 atom stereocenters. The Kier molecular flexibility index (Phi) is 6.88. The van der Waals surface area contributed by atoms with Gasteiger partial charge in [0.2, 0.25) is 5.91 Å². The van der Waals surface area contributed by atoms with Crippen molar-refractivity contribution in [3.63, 3.8) is 0 Å². The van der Waals surface area contributed by atoms with Gasteiger partial charge in [-0.3, -0.25) is 4.79 Å². The molecule has 0 aliphatic rings. The van der Waals surface area contributed by atoms with Gasteiger partial charge in [0.25, 0.3) is 0 Å². The molecule has 0 aliphatic heterocycles.